The van der Waals surface area contributed by atoms with E-state index in [1.165, 1.54) is 4.90 Å². The SMILES string of the molecule is C=CCCCCOC(=O)[C@H]1[C@H]2C(=O)N(CCO)C(C(=O)N(CC=C)Cn3nnc4ccccc43)C23CC[C@]1(C)S3. The third kappa shape index (κ3) is 4.62. The summed E-state index contributed by atoms with van der Waals surface area (Å²) in [5.74, 6) is -2.22. The molecule has 1 spiro atoms. The second-order valence-electron chi connectivity index (χ2n) is 11.0. The van der Waals surface area contributed by atoms with Crippen LogP contribution < -0.4 is 0 Å². The van der Waals surface area contributed by atoms with Gasteiger partial charge in [0.15, 0.2) is 0 Å². The summed E-state index contributed by atoms with van der Waals surface area (Å²) in [6, 6.07) is 6.68. The maximum Gasteiger partial charge on any atom is 0.311 e. The zero-order chi connectivity index (χ0) is 28.5. The van der Waals surface area contributed by atoms with Crippen molar-refractivity contribution in [2.45, 2.75) is 61.2 Å². The molecular formula is C29H37N5O5S. The van der Waals surface area contributed by atoms with Crippen molar-refractivity contribution >= 4 is 40.6 Å². The Balaban J connectivity index is 1.44. The van der Waals surface area contributed by atoms with E-state index in [2.05, 4.69) is 23.5 Å². The van der Waals surface area contributed by atoms with Crippen LogP contribution in [-0.4, -0.2) is 89.5 Å². The van der Waals surface area contributed by atoms with Gasteiger partial charge in [-0.15, -0.1) is 30.0 Å². The van der Waals surface area contributed by atoms with E-state index in [0.29, 0.717) is 25.0 Å². The minimum Gasteiger partial charge on any atom is -0.465 e. The smallest absolute Gasteiger partial charge is 0.311 e. The van der Waals surface area contributed by atoms with Gasteiger partial charge in [0.1, 0.15) is 18.2 Å². The Morgan fingerprint density at radius 3 is 2.80 bits per heavy atom. The number of benzene rings is 1. The van der Waals surface area contributed by atoms with Crippen molar-refractivity contribution in [1.29, 1.82) is 0 Å². The number of rotatable bonds is 13. The number of aromatic nitrogens is 3. The average Bonchev–Trinajstić information content (AvgIpc) is 3.64. The summed E-state index contributed by atoms with van der Waals surface area (Å²) >= 11 is 1.59. The van der Waals surface area contributed by atoms with Crippen LogP contribution in [0.15, 0.2) is 49.6 Å². The number of hydrogen-bond donors (Lipinski definition) is 1. The largest absolute Gasteiger partial charge is 0.465 e. The minimum atomic E-state index is -0.830. The first-order valence-corrected chi connectivity index (χ1v) is 14.7. The Hall–Kier alpha value is -3.18. The van der Waals surface area contributed by atoms with Gasteiger partial charge in [0.2, 0.25) is 11.8 Å². The van der Waals surface area contributed by atoms with E-state index in [-0.39, 0.29) is 44.1 Å². The molecule has 5 rings (SSSR count). The standard InChI is InChI=1S/C29H37N5O5S/c1-4-6-7-10-18-39-27(38)23-22-25(36)33(16-17-35)24(29(22)14-13-28(23,3)40-29)26(37)32(15-5-2)19-34-21-12-9-8-11-20(21)30-31-34/h4-5,8-9,11-12,22-24,35H,1-2,6-7,10,13-19H2,3H3/t22-,23+,24?,28-,29?/m0/s1. The normalized spacial score (nSPS) is 28.6. The van der Waals surface area contributed by atoms with Crippen molar-refractivity contribution in [3.05, 3.63) is 49.6 Å². The summed E-state index contributed by atoms with van der Waals surface area (Å²) in [4.78, 5) is 45.0. The van der Waals surface area contributed by atoms with Gasteiger partial charge in [0.25, 0.3) is 0 Å². The number of ether oxygens (including phenoxy) is 1. The van der Waals surface area contributed by atoms with E-state index >= 15 is 0 Å². The molecule has 1 N–H and O–H groups in total. The van der Waals surface area contributed by atoms with Gasteiger partial charge in [-0.1, -0.05) is 29.5 Å². The third-order valence-corrected chi connectivity index (χ3v) is 10.5. The summed E-state index contributed by atoms with van der Waals surface area (Å²) in [5, 5.41) is 18.3. The van der Waals surface area contributed by atoms with Gasteiger partial charge in [0, 0.05) is 17.8 Å². The van der Waals surface area contributed by atoms with Crippen LogP contribution in [0.5, 0.6) is 0 Å². The van der Waals surface area contributed by atoms with Crippen LogP contribution in [-0.2, 0) is 25.8 Å². The van der Waals surface area contributed by atoms with Gasteiger partial charge in [-0.3, -0.25) is 14.4 Å². The van der Waals surface area contributed by atoms with E-state index < -0.39 is 27.4 Å². The maximum atomic E-state index is 14.4. The molecular weight excluding hydrogens is 530 g/mol. The molecule has 1 aromatic carbocycles. The van der Waals surface area contributed by atoms with Gasteiger partial charge >= 0.3 is 5.97 Å². The van der Waals surface area contributed by atoms with Crippen LogP contribution in [0.2, 0.25) is 0 Å². The Morgan fingerprint density at radius 2 is 2.05 bits per heavy atom. The molecule has 2 bridgehead atoms. The van der Waals surface area contributed by atoms with E-state index in [4.69, 9.17) is 4.74 Å². The molecule has 0 saturated carbocycles. The first-order chi connectivity index (χ1) is 19.3. The summed E-state index contributed by atoms with van der Waals surface area (Å²) < 4.78 is 6.07. The molecule has 40 heavy (non-hydrogen) atoms. The van der Waals surface area contributed by atoms with Crippen LogP contribution >= 0.6 is 11.8 Å². The number of amides is 2. The van der Waals surface area contributed by atoms with E-state index in [1.54, 1.807) is 27.4 Å². The lowest BCUT2D eigenvalue weighted by atomic mass is 9.66. The highest BCUT2D eigenvalue weighted by molar-refractivity contribution is 8.02. The van der Waals surface area contributed by atoms with Gasteiger partial charge < -0.3 is 19.6 Å². The molecule has 2 unspecified atom stereocenters. The van der Waals surface area contributed by atoms with Crippen molar-refractivity contribution in [3.8, 4) is 0 Å². The second kappa shape index (κ2) is 11.4. The Kier molecular flexibility index (Phi) is 8.05. The average molecular weight is 568 g/mol. The molecule has 0 radical (unpaired) electrons. The molecule has 2 amide bonds. The van der Waals surface area contributed by atoms with Gasteiger partial charge in [-0.2, -0.15) is 0 Å². The second-order valence-corrected chi connectivity index (χ2v) is 12.9. The fourth-order valence-electron chi connectivity index (χ4n) is 6.79. The predicted molar refractivity (Wildman–Crippen MR) is 152 cm³/mol. The number of β-amino-alcohol motifs (C(OH)–C–C–N with tert-alkyl or cyclic N) is 1. The Bertz CT molecular complexity index is 1310. The van der Waals surface area contributed by atoms with Crippen molar-refractivity contribution in [2.24, 2.45) is 11.8 Å². The summed E-state index contributed by atoms with van der Waals surface area (Å²) in [7, 11) is 0. The molecule has 5 atom stereocenters. The lowest BCUT2D eigenvalue weighted by Gasteiger charge is -2.37. The van der Waals surface area contributed by atoms with Gasteiger partial charge in [-0.25, -0.2) is 4.68 Å². The molecule has 0 aliphatic carbocycles. The van der Waals surface area contributed by atoms with Gasteiger partial charge in [0.05, 0.1) is 35.3 Å². The lowest BCUT2D eigenvalue weighted by Crippen LogP contribution is -2.55. The number of carbonyl (C=O) groups is 3. The first kappa shape index (κ1) is 28.4. The topological polar surface area (TPSA) is 118 Å². The molecule has 3 aliphatic rings. The van der Waals surface area contributed by atoms with E-state index in [1.807, 2.05) is 37.3 Å². The molecule has 4 heterocycles. The molecule has 2 aromatic rings. The van der Waals surface area contributed by atoms with Crippen molar-refractivity contribution < 1.29 is 24.2 Å². The molecule has 3 fully saturated rings. The maximum absolute atomic E-state index is 14.4. The van der Waals surface area contributed by atoms with Crippen molar-refractivity contribution in [1.82, 2.24) is 24.8 Å². The highest BCUT2D eigenvalue weighted by Gasteiger charge is 2.77. The number of aliphatic hydroxyl groups excluding tert-OH is 1. The van der Waals surface area contributed by atoms with Gasteiger partial charge in [-0.05, 0) is 51.2 Å². The quantitative estimate of drug-likeness (QED) is 0.223. The number of unbranched alkanes of at least 4 members (excludes halogenated alkanes) is 2. The highest BCUT2D eigenvalue weighted by atomic mass is 32.2. The number of thioether (sulfide) groups is 1. The van der Waals surface area contributed by atoms with E-state index in [9.17, 15) is 19.5 Å². The number of likely N-dealkylation sites (tertiary alicyclic amines) is 1. The fraction of sp³-hybridized carbons (Fsp3) is 0.552. The Morgan fingerprint density at radius 1 is 1.25 bits per heavy atom. The number of para-hydroxylation sites is 1. The molecule has 214 valence electrons. The predicted octanol–water partition coefficient (Wildman–Crippen LogP) is 2.78. The number of fused-ring (bicyclic) bond motifs is 2. The van der Waals surface area contributed by atoms with Crippen LogP contribution in [0, 0.1) is 11.8 Å². The summed E-state index contributed by atoms with van der Waals surface area (Å²) in [5.41, 5.74) is 1.50. The number of aliphatic hydroxyl groups is 1. The Labute approximate surface area is 238 Å². The molecule has 11 heteroatoms. The summed E-state index contributed by atoms with van der Waals surface area (Å²) in [6.45, 7) is 9.97. The lowest BCUT2D eigenvalue weighted by molar-refractivity contribution is -0.155. The van der Waals surface area contributed by atoms with Crippen LogP contribution in [0.1, 0.15) is 39.0 Å². The fourth-order valence-corrected chi connectivity index (χ4v) is 9.13. The molecule has 3 aliphatic heterocycles. The first-order valence-electron chi connectivity index (χ1n) is 13.9. The monoisotopic (exact) mass is 567 g/mol. The van der Waals surface area contributed by atoms with Crippen LogP contribution in [0.25, 0.3) is 11.0 Å². The number of nitrogens with zero attached hydrogens (tertiary/aromatic N) is 5. The number of carbonyl (C=O) groups excluding carboxylic acids is 3. The van der Waals surface area contributed by atoms with Crippen molar-refractivity contribution in [3.63, 3.8) is 0 Å². The van der Waals surface area contributed by atoms with Crippen molar-refractivity contribution in [2.75, 3.05) is 26.3 Å². The zero-order valence-electron chi connectivity index (χ0n) is 22.9. The van der Waals surface area contributed by atoms with Crippen LogP contribution in [0.3, 0.4) is 0 Å². The molecule has 10 nitrogen and oxygen atoms in total. The third-order valence-electron chi connectivity index (χ3n) is 8.54. The molecule has 1 aromatic heterocycles. The zero-order valence-corrected chi connectivity index (χ0v) is 23.7. The highest BCUT2D eigenvalue weighted by Crippen LogP contribution is 2.71. The van der Waals surface area contributed by atoms with Crippen LogP contribution in [0.4, 0.5) is 0 Å². The molecule has 3 saturated heterocycles. The number of esters is 1. The minimum absolute atomic E-state index is 0.0161. The number of allylic oxidation sites excluding steroid dienone is 1. The van der Waals surface area contributed by atoms with E-state index in [0.717, 1.165) is 24.8 Å². The number of hydrogen-bond acceptors (Lipinski definition) is 8. The summed E-state index contributed by atoms with van der Waals surface area (Å²) in [6.07, 6.45) is 7.26.